The van der Waals surface area contributed by atoms with Crippen LogP contribution in [0.1, 0.15) is 21.7 Å². The molecule has 0 bridgehead atoms. The van der Waals surface area contributed by atoms with Crippen molar-refractivity contribution in [1.82, 2.24) is 25.1 Å². The summed E-state index contributed by atoms with van der Waals surface area (Å²) in [5, 5.41) is 18.7. The summed E-state index contributed by atoms with van der Waals surface area (Å²) in [5.74, 6) is 0.291. The van der Waals surface area contributed by atoms with E-state index >= 15 is 0 Å². The molecule has 4 rings (SSSR count). The first kappa shape index (κ1) is 18.5. The Bertz CT molecular complexity index is 1130. The maximum atomic E-state index is 13.7. The highest BCUT2D eigenvalue weighted by molar-refractivity contribution is 5.94. The van der Waals surface area contributed by atoms with Crippen molar-refractivity contribution in [2.75, 3.05) is 11.9 Å². The molecule has 8 heteroatoms. The van der Waals surface area contributed by atoms with Crippen LogP contribution in [0.2, 0.25) is 0 Å². The van der Waals surface area contributed by atoms with Crippen molar-refractivity contribution >= 4 is 17.4 Å². The summed E-state index contributed by atoms with van der Waals surface area (Å²) in [6, 6.07) is 19.6. The van der Waals surface area contributed by atoms with E-state index in [9.17, 15) is 9.18 Å². The Morgan fingerprint density at radius 3 is 2.59 bits per heavy atom. The van der Waals surface area contributed by atoms with E-state index < -0.39 is 11.7 Å². The first-order valence-electron chi connectivity index (χ1n) is 9.22. The number of fused-ring (bicyclic) bond motifs is 1. The highest BCUT2D eigenvalue weighted by Crippen LogP contribution is 2.10. The van der Waals surface area contributed by atoms with E-state index in [2.05, 4.69) is 25.9 Å². The van der Waals surface area contributed by atoms with Crippen molar-refractivity contribution in [1.29, 1.82) is 0 Å². The number of hydrogen-bond acceptors (Lipinski definition) is 5. The van der Waals surface area contributed by atoms with E-state index in [4.69, 9.17) is 0 Å². The summed E-state index contributed by atoms with van der Waals surface area (Å²) in [6.07, 6.45) is 0.413. The zero-order valence-corrected chi connectivity index (χ0v) is 15.5. The van der Waals surface area contributed by atoms with Gasteiger partial charge in [0.15, 0.2) is 11.5 Å². The molecule has 0 aliphatic heterocycles. The molecule has 2 aromatic carbocycles. The molecule has 0 aliphatic carbocycles. The lowest BCUT2D eigenvalue weighted by Crippen LogP contribution is -2.27. The summed E-state index contributed by atoms with van der Waals surface area (Å²) in [6.45, 7) is 0.937. The van der Waals surface area contributed by atoms with Gasteiger partial charge >= 0.3 is 0 Å². The van der Waals surface area contributed by atoms with Crippen molar-refractivity contribution in [2.45, 2.75) is 13.0 Å². The molecule has 2 aromatic heterocycles. The first-order chi connectivity index (χ1) is 14.2. The second kappa shape index (κ2) is 8.47. The Labute approximate surface area is 166 Å². The van der Waals surface area contributed by atoms with Gasteiger partial charge in [-0.15, -0.1) is 15.3 Å². The summed E-state index contributed by atoms with van der Waals surface area (Å²) in [7, 11) is 0. The number of carbonyl (C=O) groups is 1. The van der Waals surface area contributed by atoms with Gasteiger partial charge in [0.05, 0.1) is 5.56 Å². The lowest BCUT2D eigenvalue weighted by Gasteiger charge is -2.07. The fraction of sp³-hybridized carbons (Fsp3) is 0.143. The highest BCUT2D eigenvalue weighted by atomic mass is 19.1. The quantitative estimate of drug-likeness (QED) is 0.507. The zero-order chi connectivity index (χ0) is 20.1. The van der Waals surface area contributed by atoms with Crippen molar-refractivity contribution in [3.05, 3.63) is 89.5 Å². The smallest absolute Gasteiger partial charge is 0.254 e. The average molecular weight is 390 g/mol. The van der Waals surface area contributed by atoms with Gasteiger partial charge in [0.1, 0.15) is 11.6 Å². The minimum absolute atomic E-state index is 0.0177. The van der Waals surface area contributed by atoms with Crippen LogP contribution in [0.25, 0.3) is 5.65 Å². The van der Waals surface area contributed by atoms with Crippen LogP contribution in [0.15, 0.2) is 66.7 Å². The molecular formula is C21H19FN6O. The van der Waals surface area contributed by atoms with Crippen LogP contribution in [0.4, 0.5) is 10.2 Å². The van der Waals surface area contributed by atoms with E-state index in [1.54, 1.807) is 16.6 Å². The maximum Gasteiger partial charge on any atom is 0.254 e. The number of carbonyl (C=O) groups excluding carboxylic acids is 1. The van der Waals surface area contributed by atoms with E-state index in [0.717, 1.165) is 5.56 Å². The van der Waals surface area contributed by atoms with Gasteiger partial charge < -0.3 is 10.6 Å². The molecule has 7 nitrogen and oxygen atoms in total. The lowest BCUT2D eigenvalue weighted by molar-refractivity contribution is 0.0950. The third kappa shape index (κ3) is 4.37. The Balaban J connectivity index is 1.40. The van der Waals surface area contributed by atoms with Crippen LogP contribution in [0, 0.1) is 5.82 Å². The standard InChI is InChI=1S/C21H19FN6O/c22-17-9-5-4-8-16(17)21(29)23-13-12-20-26-25-19-11-10-18(27-28(19)20)24-14-15-6-2-1-3-7-15/h1-11H,12-14H2,(H,23,29)(H,24,27). The van der Waals surface area contributed by atoms with Gasteiger partial charge in [-0.05, 0) is 29.8 Å². The number of halogens is 1. The molecule has 0 unspecified atom stereocenters. The van der Waals surface area contributed by atoms with Gasteiger partial charge in [-0.25, -0.2) is 4.39 Å². The van der Waals surface area contributed by atoms with Crippen molar-refractivity contribution < 1.29 is 9.18 Å². The Kier molecular flexibility index (Phi) is 5.42. The predicted octanol–water partition coefficient (Wildman–Crippen LogP) is 2.85. The average Bonchev–Trinajstić information content (AvgIpc) is 3.15. The van der Waals surface area contributed by atoms with Gasteiger partial charge in [-0.3, -0.25) is 4.79 Å². The first-order valence-corrected chi connectivity index (χ1v) is 9.22. The van der Waals surface area contributed by atoms with Gasteiger partial charge in [0, 0.05) is 19.5 Å². The number of anilines is 1. The third-order valence-electron chi connectivity index (χ3n) is 4.40. The summed E-state index contributed by atoms with van der Waals surface area (Å²) < 4.78 is 15.3. The number of nitrogens with zero attached hydrogens (tertiary/aromatic N) is 4. The molecule has 0 saturated heterocycles. The topological polar surface area (TPSA) is 84.2 Å². The fourth-order valence-corrected chi connectivity index (χ4v) is 2.90. The van der Waals surface area contributed by atoms with Crippen LogP contribution in [0.3, 0.4) is 0 Å². The highest BCUT2D eigenvalue weighted by Gasteiger charge is 2.12. The van der Waals surface area contributed by atoms with E-state index in [1.165, 1.54) is 12.1 Å². The SMILES string of the molecule is O=C(NCCc1nnc2ccc(NCc3ccccc3)nn12)c1ccccc1F. The van der Waals surface area contributed by atoms with Crippen LogP contribution in [0.5, 0.6) is 0 Å². The number of benzene rings is 2. The maximum absolute atomic E-state index is 13.7. The molecule has 0 fully saturated rings. The molecule has 0 aliphatic rings. The van der Waals surface area contributed by atoms with E-state index in [0.29, 0.717) is 30.3 Å². The number of aromatic nitrogens is 4. The van der Waals surface area contributed by atoms with Crippen molar-refractivity contribution in [2.24, 2.45) is 0 Å². The minimum Gasteiger partial charge on any atom is -0.365 e. The number of nitrogens with one attached hydrogen (secondary N) is 2. The van der Waals surface area contributed by atoms with Gasteiger partial charge in [-0.1, -0.05) is 42.5 Å². The number of amides is 1. The Morgan fingerprint density at radius 2 is 1.76 bits per heavy atom. The number of hydrogen-bond donors (Lipinski definition) is 2. The lowest BCUT2D eigenvalue weighted by atomic mass is 10.2. The molecule has 0 spiro atoms. The summed E-state index contributed by atoms with van der Waals surface area (Å²) >= 11 is 0. The Morgan fingerprint density at radius 1 is 0.966 bits per heavy atom. The predicted molar refractivity (Wildman–Crippen MR) is 107 cm³/mol. The molecular weight excluding hydrogens is 371 g/mol. The normalized spacial score (nSPS) is 10.8. The van der Waals surface area contributed by atoms with Crippen molar-refractivity contribution in [3.8, 4) is 0 Å². The molecule has 29 heavy (non-hydrogen) atoms. The van der Waals surface area contributed by atoms with Crippen LogP contribution < -0.4 is 10.6 Å². The molecule has 0 radical (unpaired) electrons. The van der Waals surface area contributed by atoms with Gasteiger partial charge in [-0.2, -0.15) is 4.52 Å². The second-order valence-electron chi connectivity index (χ2n) is 6.43. The van der Waals surface area contributed by atoms with E-state index in [1.807, 2.05) is 42.5 Å². The van der Waals surface area contributed by atoms with Gasteiger partial charge in [0.2, 0.25) is 0 Å². The monoisotopic (exact) mass is 390 g/mol. The van der Waals surface area contributed by atoms with Gasteiger partial charge in [0.25, 0.3) is 5.91 Å². The van der Waals surface area contributed by atoms with Crippen LogP contribution >= 0.6 is 0 Å². The van der Waals surface area contributed by atoms with Crippen LogP contribution in [-0.4, -0.2) is 32.3 Å². The summed E-state index contributed by atoms with van der Waals surface area (Å²) in [4.78, 5) is 12.1. The molecule has 0 atom stereocenters. The minimum atomic E-state index is -0.547. The molecule has 146 valence electrons. The molecule has 2 N–H and O–H groups in total. The second-order valence-corrected chi connectivity index (χ2v) is 6.43. The van der Waals surface area contributed by atoms with Crippen LogP contribution in [-0.2, 0) is 13.0 Å². The molecule has 0 saturated carbocycles. The molecule has 4 aromatic rings. The molecule has 1 amide bonds. The largest absolute Gasteiger partial charge is 0.365 e. The molecule has 2 heterocycles. The number of rotatable bonds is 7. The summed E-state index contributed by atoms with van der Waals surface area (Å²) in [5.41, 5.74) is 1.78. The van der Waals surface area contributed by atoms with E-state index in [-0.39, 0.29) is 12.1 Å². The Hall–Kier alpha value is -3.81. The van der Waals surface area contributed by atoms with Crippen molar-refractivity contribution in [3.63, 3.8) is 0 Å². The third-order valence-corrected chi connectivity index (χ3v) is 4.40. The fourth-order valence-electron chi connectivity index (χ4n) is 2.90. The zero-order valence-electron chi connectivity index (χ0n) is 15.5.